The number of hydrogen-bond donors (Lipinski definition) is 1. The van der Waals surface area contributed by atoms with Crippen molar-refractivity contribution in [3.05, 3.63) is 50.9 Å². The van der Waals surface area contributed by atoms with Gasteiger partial charge < -0.3 is 0 Å². The first kappa shape index (κ1) is 17.1. The van der Waals surface area contributed by atoms with Gasteiger partial charge in [0.2, 0.25) is 5.13 Å². The Labute approximate surface area is 162 Å². The molecule has 1 aromatic carbocycles. The van der Waals surface area contributed by atoms with Gasteiger partial charge in [0, 0.05) is 10.4 Å². The molecule has 0 bridgehead atoms. The predicted octanol–water partition coefficient (Wildman–Crippen LogP) is 4.72. The van der Waals surface area contributed by atoms with Gasteiger partial charge in [-0.05, 0) is 37.6 Å². The van der Waals surface area contributed by atoms with Gasteiger partial charge in [0.1, 0.15) is 9.84 Å². The zero-order valence-electron chi connectivity index (χ0n) is 14.0. The Hall–Kier alpha value is -2.29. The molecule has 0 aliphatic heterocycles. The SMILES string of the molecule is CCc1nnc(NC(=O)c2cc3c(C)nn(-c4cccc(Cl)c4)c3s2)s1. The number of hydrogen-bond acceptors (Lipinski definition) is 6. The zero-order chi connectivity index (χ0) is 18.3. The lowest BCUT2D eigenvalue weighted by Crippen LogP contribution is -2.09. The summed E-state index contributed by atoms with van der Waals surface area (Å²) in [4.78, 5) is 14.1. The molecule has 4 aromatic rings. The molecule has 0 spiro atoms. The summed E-state index contributed by atoms with van der Waals surface area (Å²) in [6.07, 6.45) is 0.797. The molecule has 0 radical (unpaired) electrons. The van der Waals surface area contributed by atoms with Crippen molar-refractivity contribution in [2.75, 3.05) is 5.32 Å². The maximum atomic E-state index is 12.6. The standard InChI is InChI=1S/C17H14ClN5OS2/c1-3-14-20-21-17(26-14)19-15(24)13-8-12-9(2)22-23(16(12)25-13)11-6-4-5-10(18)7-11/h4-8H,3H2,1-2H3,(H,19,21,24). The van der Waals surface area contributed by atoms with Crippen LogP contribution >= 0.6 is 34.3 Å². The highest BCUT2D eigenvalue weighted by Crippen LogP contribution is 2.31. The van der Waals surface area contributed by atoms with E-state index in [9.17, 15) is 4.79 Å². The van der Waals surface area contributed by atoms with Crippen LogP contribution in [0.3, 0.4) is 0 Å². The van der Waals surface area contributed by atoms with Gasteiger partial charge in [-0.25, -0.2) is 4.68 Å². The number of benzene rings is 1. The second kappa shape index (κ2) is 6.79. The number of amides is 1. The van der Waals surface area contributed by atoms with E-state index in [0.717, 1.165) is 33.0 Å². The Bertz CT molecular complexity index is 1110. The molecule has 1 N–H and O–H groups in total. The van der Waals surface area contributed by atoms with Crippen LogP contribution in [-0.2, 0) is 6.42 Å². The van der Waals surface area contributed by atoms with Crippen molar-refractivity contribution in [3.8, 4) is 5.69 Å². The molecule has 132 valence electrons. The normalized spacial score (nSPS) is 11.2. The van der Waals surface area contributed by atoms with Crippen LogP contribution in [0.1, 0.15) is 27.3 Å². The second-order valence-electron chi connectivity index (χ2n) is 5.62. The van der Waals surface area contributed by atoms with Gasteiger partial charge in [-0.1, -0.05) is 35.9 Å². The van der Waals surface area contributed by atoms with Crippen LogP contribution in [0.15, 0.2) is 30.3 Å². The number of aromatic nitrogens is 4. The number of carbonyl (C=O) groups is 1. The van der Waals surface area contributed by atoms with Crippen LogP contribution in [0.25, 0.3) is 15.9 Å². The molecule has 3 heterocycles. The minimum Gasteiger partial charge on any atom is -0.296 e. The van der Waals surface area contributed by atoms with Crippen molar-refractivity contribution >= 4 is 55.5 Å². The van der Waals surface area contributed by atoms with Crippen molar-refractivity contribution in [2.24, 2.45) is 0 Å². The van der Waals surface area contributed by atoms with E-state index in [2.05, 4.69) is 20.6 Å². The number of nitrogens with zero attached hydrogens (tertiary/aromatic N) is 4. The van der Waals surface area contributed by atoms with Gasteiger partial charge in [-0.15, -0.1) is 21.5 Å². The quantitative estimate of drug-likeness (QED) is 0.535. The van der Waals surface area contributed by atoms with Crippen molar-refractivity contribution in [1.82, 2.24) is 20.0 Å². The molecule has 0 unspecified atom stereocenters. The predicted molar refractivity (Wildman–Crippen MR) is 106 cm³/mol. The molecule has 0 aliphatic rings. The zero-order valence-corrected chi connectivity index (χ0v) is 16.4. The number of aryl methyl sites for hydroxylation is 2. The Balaban J connectivity index is 1.69. The van der Waals surface area contributed by atoms with E-state index in [-0.39, 0.29) is 5.91 Å². The lowest BCUT2D eigenvalue weighted by molar-refractivity contribution is 0.103. The van der Waals surface area contributed by atoms with E-state index in [1.807, 2.05) is 48.9 Å². The number of carbonyl (C=O) groups excluding carboxylic acids is 1. The molecular weight excluding hydrogens is 390 g/mol. The lowest BCUT2D eigenvalue weighted by Gasteiger charge is -2.02. The number of halogens is 1. The van der Waals surface area contributed by atoms with E-state index in [4.69, 9.17) is 11.6 Å². The molecule has 0 saturated carbocycles. The Morgan fingerprint density at radius 1 is 1.27 bits per heavy atom. The summed E-state index contributed by atoms with van der Waals surface area (Å²) < 4.78 is 1.82. The number of thiophene rings is 1. The third kappa shape index (κ3) is 3.11. The maximum Gasteiger partial charge on any atom is 0.267 e. The molecular formula is C17H14ClN5OS2. The summed E-state index contributed by atoms with van der Waals surface area (Å²) in [5.74, 6) is -0.193. The third-order valence-corrected chi connectivity index (χ3v) is 6.14. The van der Waals surface area contributed by atoms with Crippen LogP contribution in [-0.4, -0.2) is 25.9 Å². The van der Waals surface area contributed by atoms with Crippen LogP contribution < -0.4 is 5.32 Å². The first-order valence-electron chi connectivity index (χ1n) is 7.94. The van der Waals surface area contributed by atoms with Gasteiger partial charge in [-0.2, -0.15) is 5.10 Å². The number of anilines is 1. The average Bonchev–Trinajstić information content (AvgIpc) is 3.31. The molecule has 26 heavy (non-hydrogen) atoms. The van der Waals surface area contributed by atoms with Crippen LogP contribution in [0.4, 0.5) is 5.13 Å². The highest BCUT2D eigenvalue weighted by molar-refractivity contribution is 7.20. The largest absolute Gasteiger partial charge is 0.296 e. The summed E-state index contributed by atoms with van der Waals surface area (Å²) in [6, 6.07) is 9.34. The maximum absolute atomic E-state index is 12.6. The highest BCUT2D eigenvalue weighted by Gasteiger charge is 2.18. The van der Waals surface area contributed by atoms with Gasteiger partial charge in [-0.3, -0.25) is 10.1 Å². The van der Waals surface area contributed by atoms with Crippen molar-refractivity contribution in [2.45, 2.75) is 20.3 Å². The van der Waals surface area contributed by atoms with Crippen molar-refractivity contribution in [3.63, 3.8) is 0 Å². The molecule has 4 rings (SSSR count). The fourth-order valence-corrected chi connectivity index (χ4v) is 4.48. The van der Waals surface area contributed by atoms with Crippen LogP contribution in [0.2, 0.25) is 5.02 Å². The minimum absolute atomic E-state index is 0.193. The summed E-state index contributed by atoms with van der Waals surface area (Å²) in [6.45, 7) is 3.93. The number of rotatable bonds is 4. The lowest BCUT2D eigenvalue weighted by atomic mass is 10.3. The van der Waals surface area contributed by atoms with Gasteiger partial charge in [0.05, 0.1) is 16.3 Å². The smallest absolute Gasteiger partial charge is 0.267 e. The molecule has 0 fully saturated rings. The Morgan fingerprint density at radius 3 is 2.85 bits per heavy atom. The van der Waals surface area contributed by atoms with Crippen molar-refractivity contribution in [1.29, 1.82) is 0 Å². The molecule has 9 heteroatoms. The molecule has 1 amide bonds. The fourth-order valence-electron chi connectivity index (χ4n) is 2.55. The van der Waals surface area contributed by atoms with E-state index in [1.165, 1.54) is 22.7 Å². The molecule has 3 aromatic heterocycles. The summed E-state index contributed by atoms with van der Waals surface area (Å²) in [7, 11) is 0. The fraction of sp³-hybridized carbons (Fsp3) is 0.176. The third-order valence-electron chi connectivity index (χ3n) is 3.81. The van der Waals surface area contributed by atoms with E-state index in [1.54, 1.807) is 0 Å². The number of nitrogens with one attached hydrogen (secondary N) is 1. The average molecular weight is 404 g/mol. The first-order chi connectivity index (χ1) is 12.5. The summed E-state index contributed by atoms with van der Waals surface area (Å²) >= 11 is 8.87. The Kier molecular flexibility index (Phi) is 4.47. The minimum atomic E-state index is -0.193. The van der Waals surface area contributed by atoms with Crippen LogP contribution in [0, 0.1) is 6.92 Å². The van der Waals surface area contributed by atoms with Gasteiger partial charge in [0.15, 0.2) is 0 Å². The molecule has 0 atom stereocenters. The Morgan fingerprint density at radius 2 is 2.12 bits per heavy atom. The van der Waals surface area contributed by atoms with E-state index < -0.39 is 0 Å². The van der Waals surface area contributed by atoms with Gasteiger partial charge in [0.25, 0.3) is 5.91 Å². The van der Waals surface area contributed by atoms with Gasteiger partial charge >= 0.3 is 0 Å². The first-order valence-corrected chi connectivity index (χ1v) is 9.95. The van der Waals surface area contributed by atoms with E-state index >= 15 is 0 Å². The summed E-state index contributed by atoms with van der Waals surface area (Å²) in [5, 5.41) is 18.4. The second-order valence-corrected chi connectivity index (χ2v) is 8.14. The molecule has 0 saturated heterocycles. The number of fused-ring (bicyclic) bond motifs is 1. The van der Waals surface area contributed by atoms with E-state index in [0.29, 0.717) is 15.0 Å². The topological polar surface area (TPSA) is 72.7 Å². The highest BCUT2D eigenvalue weighted by atomic mass is 35.5. The van der Waals surface area contributed by atoms with Crippen LogP contribution in [0.5, 0.6) is 0 Å². The molecule has 6 nitrogen and oxygen atoms in total. The van der Waals surface area contributed by atoms with Crippen molar-refractivity contribution < 1.29 is 4.79 Å². The molecule has 0 aliphatic carbocycles. The summed E-state index contributed by atoms with van der Waals surface area (Å²) in [5.41, 5.74) is 1.72. The monoisotopic (exact) mass is 403 g/mol.